The Kier molecular flexibility index (Phi) is 5.99. The molecule has 0 unspecified atom stereocenters. The number of carbonyl (C=O) groups is 2. The molecule has 1 saturated heterocycles. The molecule has 156 valence electrons. The van der Waals surface area contributed by atoms with Crippen LogP contribution in [-0.2, 0) is 16.1 Å². The van der Waals surface area contributed by atoms with Gasteiger partial charge >= 0.3 is 0 Å². The largest absolute Gasteiger partial charge is 0.486 e. The first kappa shape index (κ1) is 20.0. The number of morpholine rings is 1. The number of benzene rings is 2. The first-order valence-electron chi connectivity index (χ1n) is 9.91. The third-order valence-electron chi connectivity index (χ3n) is 5.06. The first-order valence-corrected chi connectivity index (χ1v) is 9.91. The molecule has 0 N–H and O–H groups in total. The van der Waals surface area contributed by atoms with Crippen molar-refractivity contribution in [2.75, 3.05) is 39.9 Å². The Bertz CT molecular complexity index is 1040. The number of amides is 2. The van der Waals surface area contributed by atoms with Crippen LogP contribution in [-0.4, -0.2) is 61.5 Å². The maximum absolute atomic E-state index is 12.6. The molecule has 1 fully saturated rings. The molecule has 30 heavy (non-hydrogen) atoms. The smallest absolute Gasteiger partial charge is 0.289 e. The van der Waals surface area contributed by atoms with E-state index in [0.717, 1.165) is 16.5 Å². The molecule has 2 heterocycles. The highest BCUT2D eigenvalue weighted by Crippen LogP contribution is 2.22. The zero-order chi connectivity index (χ0) is 20.9. The van der Waals surface area contributed by atoms with Crippen molar-refractivity contribution in [1.29, 1.82) is 0 Å². The van der Waals surface area contributed by atoms with E-state index in [-0.39, 0.29) is 30.7 Å². The van der Waals surface area contributed by atoms with Crippen molar-refractivity contribution in [2.45, 2.75) is 6.61 Å². The molecule has 1 aliphatic rings. The lowest BCUT2D eigenvalue weighted by atomic mass is 10.1. The zero-order valence-corrected chi connectivity index (χ0v) is 16.9. The summed E-state index contributed by atoms with van der Waals surface area (Å²) in [6.07, 6.45) is 0. The number of hydrogen-bond acceptors (Lipinski definition) is 5. The third-order valence-corrected chi connectivity index (χ3v) is 5.06. The van der Waals surface area contributed by atoms with E-state index < -0.39 is 0 Å². The lowest BCUT2D eigenvalue weighted by molar-refractivity contribution is -0.135. The van der Waals surface area contributed by atoms with E-state index in [1.165, 1.54) is 4.90 Å². The molecule has 7 nitrogen and oxygen atoms in total. The van der Waals surface area contributed by atoms with Crippen LogP contribution in [0.4, 0.5) is 0 Å². The van der Waals surface area contributed by atoms with Crippen molar-refractivity contribution in [3.63, 3.8) is 0 Å². The van der Waals surface area contributed by atoms with Gasteiger partial charge in [-0.15, -0.1) is 0 Å². The van der Waals surface area contributed by atoms with Gasteiger partial charge in [0.05, 0.1) is 19.8 Å². The third kappa shape index (κ3) is 4.63. The van der Waals surface area contributed by atoms with Crippen molar-refractivity contribution in [1.82, 2.24) is 9.80 Å². The van der Waals surface area contributed by atoms with Crippen molar-refractivity contribution < 1.29 is 23.5 Å². The predicted octanol–water partition coefficient (Wildman–Crippen LogP) is 2.94. The second-order valence-corrected chi connectivity index (χ2v) is 7.22. The standard InChI is InChI=1S/C23H24N2O5/c1-24(15-22(26)25-10-12-28-13-11-25)23(27)21-9-8-20(30-21)16-29-19-7-6-17-4-2-3-5-18(17)14-19/h2-9,14H,10-13,15-16H2,1H3. The van der Waals surface area contributed by atoms with Gasteiger partial charge in [0.2, 0.25) is 5.91 Å². The molecule has 1 aliphatic heterocycles. The number of likely N-dealkylation sites (N-methyl/N-ethyl adjacent to an activating group) is 1. The predicted molar refractivity (Wildman–Crippen MR) is 111 cm³/mol. The van der Waals surface area contributed by atoms with E-state index in [9.17, 15) is 9.59 Å². The summed E-state index contributed by atoms with van der Waals surface area (Å²) in [6, 6.07) is 17.2. The minimum absolute atomic E-state index is 0.00244. The number of nitrogens with zero attached hydrogens (tertiary/aromatic N) is 2. The number of carbonyl (C=O) groups excluding carboxylic acids is 2. The van der Waals surface area contributed by atoms with Gasteiger partial charge in [0.1, 0.15) is 18.1 Å². The van der Waals surface area contributed by atoms with Gasteiger partial charge in [-0.1, -0.05) is 30.3 Å². The van der Waals surface area contributed by atoms with Crippen LogP contribution in [0.5, 0.6) is 5.75 Å². The highest BCUT2D eigenvalue weighted by molar-refractivity contribution is 5.94. The van der Waals surface area contributed by atoms with Crippen LogP contribution < -0.4 is 4.74 Å². The van der Waals surface area contributed by atoms with E-state index in [0.29, 0.717) is 32.1 Å². The van der Waals surface area contributed by atoms with Gasteiger partial charge in [-0.3, -0.25) is 9.59 Å². The van der Waals surface area contributed by atoms with Crippen LogP contribution in [0.2, 0.25) is 0 Å². The molecule has 7 heteroatoms. The molecule has 2 amide bonds. The van der Waals surface area contributed by atoms with Crippen molar-refractivity contribution >= 4 is 22.6 Å². The van der Waals surface area contributed by atoms with E-state index in [4.69, 9.17) is 13.9 Å². The summed E-state index contributed by atoms with van der Waals surface area (Å²) in [5.74, 6) is 1.02. The quantitative estimate of drug-likeness (QED) is 0.627. The highest BCUT2D eigenvalue weighted by atomic mass is 16.5. The highest BCUT2D eigenvalue weighted by Gasteiger charge is 2.22. The molecule has 4 rings (SSSR count). The molecular formula is C23H24N2O5. The first-order chi connectivity index (χ1) is 14.6. The number of furan rings is 1. The van der Waals surface area contributed by atoms with Gasteiger partial charge in [-0.05, 0) is 35.0 Å². The molecule has 1 aromatic heterocycles. The molecule has 0 radical (unpaired) electrons. The Balaban J connectivity index is 1.33. The lowest BCUT2D eigenvalue weighted by Crippen LogP contribution is -2.46. The number of fused-ring (bicyclic) bond motifs is 1. The summed E-state index contributed by atoms with van der Waals surface area (Å²) in [5, 5.41) is 2.24. The molecule has 2 aromatic carbocycles. The van der Waals surface area contributed by atoms with Crippen LogP contribution in [0, 0.1) is 0 Å². The van der Waals surface area contributed by atoms with E-state index in [1.807, 2.05) is 42.5 Å². The fraction of sp³-hybridized carbons (Fsp3) is 0.304. The monoisotopic (exact) mass is 408 g/mol. The SMILES string of the molecule is CN(CC(=O)N1CCOCC1)C(=O)c1ccc(COc2ccc3ccccc3c2)o1. The number of ether oxygens (including phenoxy) is 2. The maximum atomic E-state index is 12.6. The second-order valence-electron chi connectivity index (χ2n) is 7.22. The molecule has 0 atom stereocenters. The summed E-state index contributed by atoms with van der Waals surface area (Å²) in [4.78, 5) is 28.0. The van der Waals surface area contributed by atoms with Crippen molar-refractivity contribution in [3.05, 3.63) is 66.1 Å². The zero-order valence-electron chi connectivity index (χ0n) is 16.9. The molecule has 3 aromatic rings. The normalized spacial score (nSPS) is 14.0. The lowest BCUT2D eigenvalue weighted by Gasteiger charge is -2.28. The molecule has 0 bridgehead atoms. The van der Waals surface area contributed by atoms with Crippen LogP contribution in [0.25, 0.3) is 10.8 Å². The van der Waals surface area contributed by atoms with Gasteiger partial charge in [0, 0.05) is 20.1 Å². The Labute approximate surface area is 174 Å². The van der Waals surface area contributed by atoms with Gasteiger partial charge in [0.25, 0.3) is 5.91 Å². The van der Waals surface area contributed by atoms with Gasteiger partial charge in [-0.25, -0.2) is 0 Å². The van der Waals surface area contributed by atoms with Crippen LogP contribution >= 0.6 is 0 Å². The summed E-state index contributed by atoms with van der Waals surface area (Å²) in [6.45, 7) is 2.38. The summed E-state index contributed by atoms with van der Waals surface area (Å²) >= 11 is 0. The fourth-order valence-electron chi connectivity index (χ4n) is 3.36. The van der Waals surface area contributed by atoms with Crippen molar-refractivity contribution in [3.8, 4) is 5.75 Å². The topological polar surface area (TPSA) is 72.2 Å². The van der Waals surface area contributed by atoms with Crippen LogP contribution in [0.1, 0.15) is 16.3 Å². The number of hydrogen-bond donors (Lipinski definition) is 0. The van der Waals surface area contributed by atoms with Crippen LogP contribution in [0.3, 0.4) is 0 Å². The molecule has 0 aliphatic carbocycles. The van der Waals surface area contributed by atoms with Gasteiger partial charge in [0.15, 0.2) is 5.76 Å². The second kappa shape index (κ2) is 9.00. The summed E-state index contributed by atoms with van der Waals surface area (Å²) in [5.41, 5.74) is 0. The number of rotatable bonds is 6. The minimum atomic E-state index is -0.339. The summed E-state index contributed by atoms with van der Waals surface area (Å²) < 4.78 is 16.7. The Hall–Kier alpha value is -3.32. The Morgan fingerprint density at radius 1 is 1.03 bits per heavy atom. The average molecular weight is 408 g/mol. The van der Waals surface area contributed by atoms with Gasteiger partial charge in [-0.2, -0.15) is 0 Å². The average Bonchev–Trinajstić information content (AvgIpc) is 3.26. The van der Waals surface area contributed by atoms with Gasteiger partial charge < -0.3 is 23.7 Å². The molecular weight excluding hydrogens is 384 g/mol. The van der Waals surface area contributed by atoms with E-state index >= 15 is 0 Å². The molecule has 0 saturated carbocycles. The molecule has 0 spiro atoms. The fourth-order valence-corrected chi connectivity index (χ4v) is 3.36. The minimum Gasteiger partial charge on any atom is -0.486 e. The van der Waals surface area contributed by atoms with Crippen LogP contribution in [0.15, 0.2) is 59.0 Å². The Morgan fingerprint density at radius 2 is 1.80 bits per heavy atom. The van der Waals surface area contributed by atoms with E-state index in [1.54, 1.807) is 24.1 Å². The van der Waals surface area contributed by atoms with Crippen molar-refractivity contribution in [2.24, 2.45) is 0 Å². The Morgan fingerprint density at radius 3 is 2.60 bits per heavy atom. The summed E-state index contributed by atoms with van der Waals surface area (Å²) in [7, 11) is 1.59. The van der Waals surface area contributed by atoms with E-state index in [2.05, 4.69) is 0 Å². The maximum Gasteiger partial charge on any atom is 0.289 e.